The second-order valence-corrected chi connectivity index (χ2v) is 6.99. The molecule has 1 aliphatic heterocycles. The number of hydrogen-bond acceptors (Lipinski definition) is 3. The molecule has 0 spiro atoms. The molecule has 2 atom stereocenters. The number of nitrogens with zero attached hydrogens (tertiary/aromatic N) is 1. The lowest BCUT2D eigenvalue weighted by atomic mass is 10.1. The molecule has 0 saturated carbocycles. The Kier molecular flexibility index (Phi) is 4.78. The normalized spacial score (nSPS) is 24.8. The molecule has 1 saturated heterocycles. The first kappa shape index (κ1) is 15.4. The second-order valence-electron chi connectivity index (χ2n) is 5.10. The molecule has 0 radical (unpaired) electrons. The van der Waals surface area contributed by atoms with Crippen LogP contribution in [0, 0.1) is 5.82 Å². The zero-order chi connectivity index (χ0) is 14.8. The molecule has 1 fully saturated rings. The highest BCUT2D eigenvalue weighted by Crippen LogP contribution is 2.23. The molecule has 6 heteroatoms. The fourth-order valence-electron chi connectivity index (χ4n) is 2.49. The predicted molar refractivity (Wildman–Crippen MR) is 76.5 cm³/mol. The van der Waals surface area contributed by atoms with Crippen LogP contribution in [0.15, 0.2) is 29.2 Å². The fourth-order valence-corrected chi connectivity index (χ4v) is 4.24. The van der Waals surface area contributed by atoms with Crippen LogP contribution in [-0.4, -0.2) is 37.9 Å². The first-order chi connectivity index (χ1) is 9.48. The van der Waals surface area contributed by atoms with Gasteiger partial charge in [0.1, 0.15) is 5.82 Å². The summed E-state index contributed by atoms with van der Waals surface area (Å²) in [5.74, 6) is -0.428. The molecule has 112 valence electrons. The Balaban J connectivity index is 2.32. The van der Waals surface area contributed by atoms with Gasteiger partial charge in [-0.15, -0.1) is 0 Å². The van der Waals surface area contributed by atoms with E-state index >= 15 is 0 Å². The smallest absolute Gasteiger partial charge is 0.243 e. The van der Waals surface area contributed by atoms with Gasteiger partial charge in [-0.25, -0.2) is 12.8 Å². The standard InChI is InChI=1S/C14H21FN2O2S/c1-3-12-10-17(13(4-2)9-16-12)20(18,19)14-7-5-11(15)6-8-14/h5-8,12-13,16H,3-4,9-10H2,1-2H3. The lowest BCUT2D eigenvalue weighted by molar-refractivity contribution is 0.215. The monoisotopic (exact) mass is 300 g/mol. The molecule has 0 aliphatic carbocycles. The molecule has 1 aromatic rings. The summed E-state index contributed by atoms with van der Waals surface area (Å²) < 4.78 is 39.9. The van der Waals surface area contributed by atoms with Crippen LogP contribution in [0.1, 0.15) is 26.7 Å². The number of benzene rings is 1. The highest BCUT2D eigenvalue weighted by atomic mass is 32.2. The third-order valence-corrected chi connectivity index (χ3v) is 5.77. The number of hydrogen-bond donors (Lipinski definition) is 1. The van der Waals surface area contributed by atoms with E-state index in [9.17, 15) is 12.8 Å². The molecule has 1 aromatic carbocycles. The van der Waals surface area contributed by atoms with Gasteiger partial charge < -0.3 is 5.32 Å². The van der Waals surface area contributed by atoms with E-state index in [1.807, 2.05) is 13.8 Å². The van der Waals surface area contributed by atoms with Gasteiger partial charge >= 0.3 is 0 Å². The summed E-state index contributed by atoms with van der Waals surface area (Å²) in [6, 6.07) is 5.17. The summed E-state index contributed by atoms with van der Waals surface area (Å²) in [6.07, 6.45) is 1.63. The molecule has 1 N–H and O–H groups in total. The average molecular weight is 300 g/mol. The highest BCUT2D eigenvalue weighted by Gasteiger charge is 2.35. The maximum atomic E-state index is 13.0. The third kappa shape index (κ3) is 3.02. The topological polar surface area (TPSA) is 49.4 Å². The minimum atomic E-state index is -3.56. The Hall–Kier alpha value is -0.980. The molecule has 0 bridgehead atoms. The van der Waals surface area contributed by atoms with Crippen LogP contribution >= 0.6 is 0 Å². The van der Waals surface area contributed by atoms with E-state index in [1.54, 1.807) is 4.31 Å². The molecule has 1 aliphatic rings. The summed E-state index contributed by atoms with van der Waals surface area (Å²) in [4.78, 5) is 0.161. The first-order valence-electron chi connectivity index (χ1n) is 6.99. The minimum absolute atomic E-state index is 0.0483. The molecular weight excluding hydrogens is 279 g/mol. The van der Waals surface area contributed by atoms with Gasteiger partial charge in [0.15, 0.2) is 0 Å². The van der Waals surface area contributed by atoms with Crippen molar-refractivity contribution in [1.82, 2.24) is 9.62 Å². The molecule has 20 heavy (non-hydrogen) atoms. The van der Waals surface area contributed by atoms with Crippen molar-refractivity contribution < 1.29 is 12.8 Å². The van der Waals surface area contributed by atoms with E-state index in [2.05, 4.69) is 5.32 Å². The van der Waals surface area contributed by atoms with Crippen LogP contribution in [0.5, 0.6) is 0 Å². The van der Waals surface area contributed by atoms with Gasteiger partial charge in [-0.2, -0.15) is 4.31 Å². The lowest BCUT2D eigenvalue weighted by Crippen LogP contribution is -2.57. The molecule has 0 amide bonds. The van der Waals surface area contributed by atoms with Gasteiger partial charge in [-0.3, -0.25) is 0 Å². The van der Waals surface area contributed by atoms with Crippen LogP contribution in [0.3, 0.4) is 0 Å². The van der Waals surface area contributed by atoms with Gasteiger partial charge in [-0.1, -0.05) is 13.8 Å². The molecule has 2 unspecified atom stereocenters. The summed E-state index contributed by atoms with van der Waals surface area (Å²) in [6.45, 7) is 5.14. The number of nitrogens with one attached hydrogen (secondary N) is 1. The van der Waals surface area contributed by atoms with Gasteiger partial charge in [0.2, 0.25) is 10.0 Å². The maximum absolute atomic E-state index is 13.0. The summed E-state index contributed by atoms with van der Waals surface area (Å²) in [5.41, 5.74) is 0. The molecular formula is C14H21FN2O2S. The first-order valence-corrected chi connectivity index (χ1v) is 8.43. The van der Waals surface area contributed by atoms with Gasteiger partial charge in [0.05, 0.1) is 4.90 Å². The number of sulfonamides is 1. The van der Waals surface area contributed by atoms with E-state index in [0.29, 0.717) is 13.1 Å². The SMILES string of the molecule is CCC1CN(S(=O)(=O)c2ccc(F)cc2)C(CC)CN1. The number of halogens is 1. The van der Waals surface area contributed by atoms with Crippen molar-refractivity contribution in [3.8, 4) is 0 Å². The van der Waals surface area contributed by atoms with E-state index in [4.69, 9.17) is 0 Å². The van der Waals surface area contributed by atoms with E-state index in [1.165, 1.54) is 24.3 Å². The Morgan fingerprint density at radius 1 is 1.25 bits per heavy atom. The summed E-state index contributed by atoms with van der Waals surface area (Å²) in [5, 5.41) is 3.37. The quantitative estimate of drug-likeness (QED) is 0.925. The minimum Gasteiger partial charge on any atom is -0.311 e. The van der Waals surface area contributed by atoms with Crippen LogP contribution in [-0.2, 0) is 10.0 Å². The Morgan fingerprint density at radius 2 is 1.90 bits per heavy atom. The van der Waals surface area contributed by atoms with E-state index in [0.717, 1.165) is 12.8 Å². The number of rotatable bonds is 4. The fraction of sp³-hybridized carbons (Fsp3) is 0.571. The molecule has 1 heterocycles. The second kappa shape index (κ2) is 6.20. The van der Waals surface area contributed by atoms with Gasteiger partial charge in [-0.05, 0) is 37.1 Å². The Bertz CT molecular complexity index is 545. The van der Waals surface area contributed by atoms with Crippen molar-refractivity contribution in [2.24, 2.45) is 0 Å². The molecule has 2 rings (SSSR count). The van der Waals surface area contributed by atoms with Crippen LogP contribution in [0.25, 0.3) is 0 Å². The van der Waals surface area contributed by atoms with E-state index in [-0.39, 0.29) is 17.0 Å². The predicted octanol–water partition coefficient (Wildman–Crippen LogP) is 1.98. The molecule has 0 aromatic heterocycles. The van der Waals surface area contributed by atoms with Crippen LogP contribution in [0.4, 0.5) is 4.39 Å². The molecule has 4 nitrogen and oxygen atoms in total. The van der Waals surface area contributed by atoms with Crippen molar-refractivity contribution in [2.45, 2.75) is 43.7 Å². The summed E-state index contributed by atoms with van der Waals surface area (Å²) in [7, 11) is -3.56. The summed E-state index contributed by atoms with van der Waals surface area (Å²) >= 11 is 0. The Morgan fingerprint density at radius 3 is 2.45 bits per heavy atom. The zero-order valence-corrected chi connectivity index (χ0v) is 12.7. The van der Waals surface area contributed by atoms with Gasteiger partial charge in [0, 0.05) is 25.2 Å². The van der Waals surface area contributed by atoms with Crippen molar-refractivity contribution in [3.05, 3.63) is 30.1 Å². The van der Waals surface area contributed by atoms with Crippen molar-refractivity contribution in [3.63, 3.8) is 0 Å². The zero-order valence-electron chi connectivity index (χ0n) is 11.8. The van der Waals surface area contributed by atoms with Crippen molar-refractivity contribution in [1.29, 1.82) is 0 Å². The highest BCUT2D eigenvalue weighted by molar-refractivity contribution is 7.89. The number of piperazine rings is 1. The van der Waals surface area contributed by atoms with Crippen molar-refractivity contribution in [2.75, 3.05) is 13.1 Å². The van der Waals surface area contributed by atoms with E-state index < -0.39 is 15.8 Å². The lowest BCUT2D eigenvalue weighted by Gasteiger charge is -2.38. The van der Waals surface area contributed by atoms with Crippen molar-refractivity contribution >= 4 is 10.0 Å². The van der Waals surface area contributed by atoms with Gasteiger partial charge in [0.25, 0.3) is 0 Å². The average Bonchev–Trinajstić information content (AvgIpc) is 2.47. The van der Waals surface area contributed by atoms with Crippen LogP contribution in [0.2, 0.25) is 0 Å². The third-order valence-electron chi connectivity index (χ3n) is 3.83. The Labute approximate surface area is 120 Å². The largest absolute Gasteiger partial charge is 0.311 e. The van der Waals surface area contributed by atoms with Crippen LogP contribution < -0.4 is 5.32 Å². The maximum Gasteiger partial charge on any atom is 0.243 e.